The van der Waals surface area contributed by atoms with E-state index in [0.717, 1.165) is 63.3 Å². The monoisotopic (exact) mass is 408 g/mol. The molecule has 4 rings (SSSR count). The summed E-state index contributed by atoms with van der Waals surface area (Å²) in [5, 5.41) is 0. The van der Waals surface area contributed by atoms with Gasteiger partial charge in [0.2, 0.25) is 0 Å². The fourth-order valence-corrected chi connectivity index (χ4v) is 4.73. The molecule has 7 nitrogen and oxygen atoms in total. The number of piperidine rings is 2. The number of carbonyl (C=O) groups excluding carboxylic acids is 1. The van der Waals surface area contributed by atoms with Crippen molar-refractivity contribution in [2.45, 2.75) is 51.1 Å². The van der Waals surface area contributed by atoms with Crippen molar-refractivity contribution < 1.29 is 4.79 Å². The van der Waals surface area contributed by atoms with Crippen LogP contribution in [0.15, 0.2) is 48.8 Å². The summed E-state index contributed by atoms with van der Waals surface area (Å²) in [7, 11) is 0. The number of ketones is 1. The number of carbonyl (C=O) groups is 1. The van der Waals surface area contributed by atoms with Gasteiger partial charge in [-0.15, -0.1) is 0 Å². The van der Waals surface area contributed by atoms with Crippen LogP contribution < -0.4 is 11.5 Å². The number of pyridine rings is 2. The van der Waals surface area contributed by atoms with Crippen molar-refractivity contribution in [3.63, 3.8) is 0 Å². The minimum Gasteiger partial charge on any atom is -0.316 e. The number of Topliss-reactive ketones (excluding diaryl/α,β-unsaturated/α-hetero) is 1. The molecule has 0 saturated carbocycles. The van der Waals surface area contributed by atoms with Crippen LogP contribution in [0.25, 0.3) is 0 Å². The van der Waals surface area contributed by atoms with E-state index < -0.39 is 0 Å². The minimum absolute atomic E-state index is 0.0412. The van der Waals surface area contributed by atoms with Crippen molar-refractivity contribution in [2.24, 2.45) is 23.3 Å². The number of nitrogens with two attached hydrogens (primary N) is 2. The average molecular weight is 409 g/mol. The lowest BCUT2D eigenvalue weighted by Crippen LogP contribution is -2.52. The van der Waals surface area contributed by atoms with Crippen molar-refractivity contribution >= 4 is 5.78 Å². The van der Waals surface area contributed by atoms with Gasteiger partial charge in [0.15, 0.2) is 0 Å². The normalized spacial score (nSPS) is 28.3. The summed E-state index contributed by atoms with van der Waals surface area (Å²) in [6, 6.07) is 11.9. The van der Waals surface area contributed by atoms with Crippen LogP contribution in [-0.4, -0.2) is 51.0 Å². The summed E-state index contributed by atoms with van der Waals surface area (Å²) in [6.45, 7) is 3.14. The van der Waals surface area contributed by atoms with E-state index in [1.165, 1.54) is 0 Å². The maximum Gasteiger partial charge on any atom is 0.139 e. The van der Waals surface area contributed by atoms with E-state index in [0.29, 0.717) is 5.78 Å². The van der Waals surface area contributed by atoms with Gasteiger partial charge >= 0.3 is 0 Å². The third kappa shape index (κ3) is 5.10. The summed E-state index contributed by atoms with van der Waals surface area (Å²) in [4.78, 5) is 26.4. The third-order valence-electron chi connectivity index (χ3n) is 6.51. The first-order chi connectivity index (χ1) is 14.6. The van der Waals surface area contributed by atoms with E-state index in [1.54, 1.807) is 12.4 Å². The van der Waals surface area contributed by atoms with E-state index in [2.05, 4.69) is 19.8 Å². The number of aromatic nitrogens is 2. The first kappa shape index (κ1) is 21.1. The highest BCUT2D eigenvalue weighted by molar-refractivity contribution is 5.83. The predicted molar refractivity (Wildman–Crippen MR) is 116 cm³/mol. The number of rotatable bonds is 6. The van der Waals surface area contributed by atoms with Crippen LogP contribution in [0.1, 0.15) is 37.1 Å². The molecule has 4 atom stereocenters. The Kier molecular flexibility index (Phi) is 6.84. The Bertz CT molecular complexity index is 749. The summed E-state index contributed by atoms with van der Waals surface area (Å²) in [5.41, 5.74) is 14.9. The Morgan fingerprint density at radius 3 is 1.67 bits per heavy atom. The highest BCUT2D eigenvalue weighted by Gasteiger charge is 2.37. The van der Waals surface area contributed by atoms with Crippen LogP contribution in [0.2, 0.25) is 0 Å². The van der Waals surface area contributed by atoms with Gasteiger partial charge in [-0.3, -0.25) is 24.6 Å². The van der Waals surface area contributed by atoms with Crippen LogP contribution in [-0.2, 0) is 17.9 Å². The molecule has 0 bridgehead atoms. The Labute approximate surface area is 178 Å². The van der Waals surface area contributed by atoms with E-state index in [9.17, 15) is 4.79 Å². The van der Waals surface area contributed by atoms with E-state index in [1.807, 2.05) is 36.4 Å². The molecule has 2 saturated heterocycles. The molecule has 0 aliphatic carbocycles. The molecule has 4 heterocycles. The lowest BCUT2D eigenvalue weighted by Gasteiger charge is -2.40. The molecule has 2 aromatic heterocycles. The van der Waals surface area contributed by atoms with Crippen molar-refractivity contribution in [3.05, 3.63) is 60.2 Å². The highest BCUT2D eigenvalue weighted by Crippen LogP contribution is 2.30. The largest absolute Gasteiger partial charge is 0.316 e. The van der Waals surface area contributed by atoms with Crippen LogP contribution in [0.4, 0.5) is 0 Å². The van der Waals surface area contributed by atoms with Gasteiger partial charge in [-0.1, -0.05) is 12.1 Å². The number of nitrogens with zero attached hydrogens (tertiary/aromatic N) is 4. The fourth-order valence-electron chi connectivity index (χ4n) is 4.73. The summed E-state index contributed by atoms with van der Waals surface area (Å²) in [5.74, 6) is 0.440. The van der Waals surface area contributed by atoms with Crippen molar-refractivity contribution in [3.8, 4) is 0 Å². The Hall–Kier alpha value is -2.19. The number of hydrogen-bond acceptors (Lipinski definition) is 7. The highest BCUT2D eigenvalue weighted by atomic mass is 16.1. The van der Waals surface area contributed by atoms with Gasteiger partial charge in [0, 0.05) is 50.4 Å². The number of likely N-dealkylation sites (tertiary alicyclic amines) is 2. The van der Waals surface area contributed by atoms with Crippen LogP contribution >= 0.6 is 0 Å². The fraction of sp³-hybridized carbons (Fsp3) is 0.522. The molecule has 2 aliphatic rings. The molecule has 0 spiro atoms. The lowest BCUT2D eigenvalue weighted by molar-refractivity contribution is -0.131. The molecule has 4 unspecified atom stereocenters. The Morgan fingerprint density at radius 1 is 0.833 bits per heavy atom. The third-order valence-corrected chi connectivity index (χ3v) is 6.51. The predicted octanol–water partition coefficient (Wildman–Crippen LogP) is 1.74. The average Bonchev–Trinajstić information content (AvgIpc) is 2.77. The molecule has 0 aromatic carbocycles. The molecule has 160 valence electrons. The molecular weight excluding hydrogens is 376 g/mol. The smallest absolute Gasteiger partial charge is 0.139 e. The Morgan fingerprint density at radius 2 is 1.30 bits per heavy atom. The maximum atomic E-state index is 13.2. The summed E-state index contributed by atoms with van der Waals surface area (Å²) in [6.07, 6.45) is 6.57. The first-order valence-electron chi connectivity index (χ1n) is 10.9. The van der Waals surface area contributed by atoms with Crippen molar-refractivity contribution in [1.82, 2.24) is 19.8 Å². The Balaban J connectivity index is 1.28. The molecule has 2 aromatic rings. The van der Waals surface area contributed by atoms with Gasteiger partial charge in [-0.25, -0.2) is 0 Å². The van der Waals surface area contributed by atoms with Gasteiger partial charge < -0.3 is 11.5 Å². The number of hydrogen-bond donors (Lipinski definition) is 2. The summed E-state index contributed by atoms with van der Waals surface area (Å²) < 4.78 is 0. The topological polar surface area (TPSA) is 101 Å². The van der Waals surface area contributed by atoms with Crippen molar-refractivity contribution in [2.75, 3.05) is 13.1 Å². The molecule has 2 aliphatic heterocycles. The second-order valence-electron chi connectivity index (χ2n) is 8.56. The maximum absolute atomic E-state index is 13.2. The lowest BCUT2D eigenvalue weighted by atomic mass is 9.80. The zero-order valence-electron chi connectivity index (χ0n) is 17.4. The van der Waals surface area contributed by atoms with E-state index >= 15 is 0 Å². The van der Waals surface area contributed by atoms with Gasteiger partial charge in [-0.05, 0) is 49.9 Å². The molecule has 7 heteroatoms. The molecule has 30 heavy (non-hydrogen) atoms. The van der Waals surface area contributed by atoms with Gasteiger partial charge in [0.25, 0.3) is 0 Å². The second kappa shape index (κ2) is 9.75. The van der Waals surface area contributed by atoms with Crippen LogP contribution in [0, 0.1) is 11.8 Å². The van der Waals surface area contributed by atoms with Gasteiger partial charge in [0.1, 0.15) is 5.78 Å². The zero-order valence-corrected chi connectivity index (χ0v) is 17.4. The molecule has 0 amide bonds. The molecule has 2 fully saturated rings. The summed E-state index contributed by atoms with van der Waals surface area (Å²) >= 11 is 0. The SMILES string of the molecule is NC1CC(C(=O)C2CCN(Cc3ccccn3)C(N)C2)CCN1Cc1ccccn1. The standard InChI is InChI=1S/C23H32N6O/c24-21-13-17(7-11-28(21)15-19-5-1-3-9-26-19)23(30)18-8-12-29(22(25)14-18)16-20-6-2-4-10-27-20/h1-6,9-10,17-18,21-22H,7-8,11-16,24-25H2. The minimum atomic E-state index is -0.104. The quantitative estimate of drug-likeness (QED) is 0.751. The van der Waals surface area contributed by atoms with Crippen LogP contribution in [0.3, 0.4) is 0 Å². The van der Waals surface area contributed by atoms with Crippen LogP contribution in [0.5, 0.6) is 0 Å². The first-order valence-corrected chi connectivity index (χ1v) is 10.9. The molecule has 4 N–H and O–H groups in total. The second-order valence-corrected chi connectivity index (χ2v) is 8.56. The van der Waals surface area contributed by atoms with Crippen molar-refractivity contribution in [1.29, 1.82) is 0 Å². The van der Waals surface area contributed by atoms with Gasteiger partial charge in [0.05, 0.1) is 23.7 Å². The zero-order chi connectivity index (χ0) is 20.9. The van der Waals surface area contributed by atoms with Gasteiger partial charge in [-0.2, -0.15) is 0 Å². The van der Waals surface area contributed by atoms with E-state index in [-0.39, 0.29) is 24.2 Å². The molecule has 0 radical (unpaired) electrons. The molecular formula is C23H32N6O. The van der Waals surface area contributed by atoms with E-state index in [4.69, 9.17) is 11.5 Å².